The minimum Gasteiger partial charge on any atom is -0.371 e. The van der Waals surface area contributed by atoms with Crippen LogP contribution < -0.4 is 10.6 Å². The molecule has 2 N–H and O–H groups in total. The molecule has 1 unspecified atom stereocenters. The quantitative estimate of drug-likeness (QED) is 0.850. The summed E-state index contributed by atoms with van der Waals surface area (Å²) in [5.74, 6) is 0.717. The van der Waals surface area contributed by atoms with Gasteiger partial charge in [0, 0.05) is 24.3 Å². The summed E-state index contributed by atoms with van der Waals surface area (Å²) >= 11 is 0. The van der Waals surface area contributed by atoms with E-state index in [-0.39, 0.29) is 11.2 Å². The molecule has 3 nitrogen and oxygen atoms in total. The second kappa shape index (κ2) is 5.33. The zero-order chi connectivity index (χ0) is 14.0. The first kappa shape index (κ1) is 14.1. The van der Waals surface area contributed by atoms with Crippen molar-refractivity contribution >= 4 is 11.5 Å². The third-order valence-corrected chi connectivity index (χ3v) is 4.37. The molecule has 2 rings (SSSR count). The highest BCUT2D eigenvalue weighted by molar-refractivity contribution is 5.94. The van der Waals surface area contributed by atoms with E-state index in [2.05, 4.69) is 30.9 Å². The summed E-state index contributed by atoms with van der Waals surface area (Å²) in [5, 5.41) is 0. The lowest BCUT2D eigenvalue weighted by Gasteiger charge is -2.45. The van der Waals surface area contributed by atoms with Crippen LogP contribution in [-0.2, 0) is 0 Å². The molecule has 0 bridgehead atoms. The van der Waals surface area contributed by atoms with Crippen LogP contribution in [0.25, 0.3) is 0 Å². The number of piperidine rings is 1. The van der Waals surface area contributed by atoms with E-state index in [9.17, 15) is 4.79 Å². The number of anilines is 1. The van der Waals surface area contributed by atoms with Gasteiger partial charge in [-0.1, -0.05) is 13.8 Å². The van der Waals surface area contributed by atoms with E-state index < -0.39 is 0 Å². The van der Waals surface area contributed by atoms with Crippen molar-refractivity contribution < 1.29 is 4.79 Å². The third kappa shape index (κ3) is 2.98. The Kier molecular flexibility index (Phi) is 3.95. The van der Waals surface area contributed by atoms with E-state index in [1.54, 1.807) is 6.92 Å². The highest BCUT2D eigenvalue weighted by Gasteiger charge is 2.34. The highest BCUT2D eigenvalue weighted by atomic mass is 16.1. The molecule has 1 fully saturated rings. The summed E-state index contributed by atoms with van der Waals surface area (Å²) in [6, 6.07) is 7.94. The number of nitrogens with zero attached hydrogens (tertiary/aromatic N) is 1. The first-order chi connectivity index (χ1) is 8.94. The molecule has 3 heteroatoms. The Morgan fingerprint density at radius 1 is 1.37 bits per heavy atom. The van der Waals surface area contributed by atoms with Gasteiger partial charge in [0.05, 0.1) is 0 Å². The average molecular weight is 260 g/mol. The standard InChI is InChI=1S/C16H24N2O/c1-12(19)13-4-6-15(7-5-13)18-9-8-14(10-17)16(2,3)11-18/h4-7,14H,8-11,17H2,1-3H3. The maximum absolute atomic E-state index is 11.3. The van der Waals surface area contributed by atoms with Gasteiger partial charge in [-0.3, -0.25) is 4.79 Å². The topological polar surface area (TPSA) is 46.3 Å². The Labute approximate surface area is 115 Å². The molecule has 1 heterocycles. The second-order valence-corrected chi connectivity index (χ2v) is 6.23. The molecular formula is C16H24N2O. The second-order valence-electron chi connectivity index (χ2n) is 6.23. The highest BCUT2D eigenvalue weighted by Crippen LogP contribution is 2.36. The van der Waals surface area contributed by atoms with Crippen molar-refractivity contribution in [2.75, 3.05) is 24.5 Å². The maximum atomic E-state index is 11.3. The van der Waals surface area contributed by atoms with Gasteiger partial charge in [-0.25, -0.2) is 0 Å². The maximum Gasteiger partial charge on any atom is 0.159 e. The molecule has 19 heavy (non-hydrogen) atoms. The van der Waals surface area contributed by atoms with Crippen LogP contribution in [0.2, 0.25) is 0 Å². The molecule has 0 aliphatic carbocycles. The van der Waals surface area contributed by atoms with E-state index in [1.165, 1.54) is 5.69 Å². The number of hydrogen-bond donors (Lipinski definition) is 1. The molecule has 1 atom stereocenters. The fourth-order valence-electron chi connectivity index (χ4n) is 2.97. The Morgan fingerprint density at radius 2 is 2.00 bits per heavy atom. The van der Waals surface area contributed by atoms with Gasteiger partial charge in [0.15, 0.2) is 5.78 Å². The molecule has 1 saturated heterocycles. The monoisotopic (exact) mass is 260 g/mol. The number of carbonyl (C=O) groups excluding carboxylic acids is 1. The number of rotatable bonds is 3. The molecule has 1 aromatic carbocycles. The summed E-state index contributed by atoms with van der Waals surface area (Å²) < 4.78 is 0. The van der Waals surface area contributed by atoms with Gasteiger partial charge in [0.25, 0.3) is 0 Å². The minimum atomic E-state index is 0.119. The zero-order valence-corrected chi connectivity index (χ0v) is 12.1. The number of ketones is 1. The van der Waals surface area contributed by atoms with Gasteiger partial charge in [-0.05, 0) is 55.5 Å². The molecule has 1 aliphatic heterocycles. The van der Waals surface area contributed by atoms with Gasteiger partial charge >= 0.3 is 0 Å². The van der Waals surface area contributed by atoms with Crippen molar-refractivity contribution in [3.05, 3.63) is 29.8 Å². The number of benzene rings is 1. The Morgan fingerprint density at radius 3 is 2.47 bits per heavy atom. The van der Waals surface area contributed by atoms with Crippen molar-refractivity contribution in [3.63, 3.8) is 0 Å². The van der Waals surface area contributed by atoms with E-state index in [1.807, 2.05) is 12.1 Å². The zero-order valence-electron chi connectivity index (χ0n) is 12.1. The molecule has 0 aromatic heterocycles. The van der Waals surface area contributed by atoms with Crippen molar-refractivity contribution in [2.24, 2.45) is 17.1 Å². The first-order valence-electron chi connectivity index (χ1n) is 7.00. The van der Waals surface area contributed by atoms with Crippen molar-refractivity contribution in [3.8, 4) is 0 Å². The van der Waals surface area contributed by atoms with Crippen LogP contribution >= 0.6 is 0 Å². The van der Waals surface area contributed by atoms with E-state index in [0.717, 1.165) is 31.6 Å². The van der Waals surface area contributed by atoms with Crippen LogP contribution in [-0.4, -0.2) is 25.4 Å². The fourth-order valence-corrected chi connectivity index (χ4v) is 2.97. The number of hydrogen-bond acceptors (Lipinski definition) is 3. The molecule has 1 aromatic rings. The molecule has 1 aliphatic rings. The SMILES string of the molecule is CC(=O)c1ccc(N2CCC(CN)C(C)(C)C2)cc1. The minimum absolute atomic E-state index is 0.119. The average Bonchev–Trinajstić information content (AvgIpc) is 2.37. The molecule has 0 spiro atoms. The van der Waals surface area contributed by atoms with Gasteiger partial charge in [-0.15, -0.1) is 0 Å². The Bertz CT molecular complexity index is 450. The number of carbonyl (C=O) groups is 1. The normalized spacial score (nSPS) is 22.3. The van der Waals surface area contributed by atoms with E-state index >= 15 is 0 Å². The van der Waals surface area contributed by atoms with Gasteiger partial charge < -0.3 is 10.6 Å². The summed E-state index contributed by atoms with van der Waals surface area (Å²) in [6.07, 6.45) is 1.14. The van der Waals surface area contributed by atoms with Crippen molar-refractivity contribution in [1.82, 2.24) is 0 Å². The third-order valence-electron chi connectivity index (χ3n) is 4.37. The van der Waals surface area contributed by atoms with Crippen LogP contribution in [0.4, 0.5) is 5.69 Å². The predicted molar refractivity (Wildman–Crippen MR) is 79.6 cm³/mol. The molecule has 0 amide bonds. The lowest BCUT2D eigenvalue weighted by atomic mass is 9.74. The van der Waals surface area contributed by atoms with E-state index in [4.69, 9.17) is 5.73 Å². The van der Waals surface area contributed by atoms with Crippen LogP contribution in [0.15, 0.2) is 24.3 Å². The lowest BCUT2D eigenvalue weighted by Crippen LogP contribution is -2.48. The first-order valence-corrected chi connectivity index (χ1v) is 7.00. The van der Waals surface area contributed by atoms with Gasteiger partial charge in [-0.2, -0.15) is 0 Å². The summed E-state index contributed by atoms with van der Waals surface area (Å²) in [5.41, 5.74) is 8.08. The van der Waals surface area contributed by atoms with Crippen molar-refractivity contribution in [2.45, 2.75) is 27.2 Å². The summed E-state index contributed by atoms with van der Waals surface area (Å²) in [6.45, 7) is 9.02. The summed E-state index contributed by atoms with van der Waals surface area (Å²) in [4.78, 5) is 13.7. The van der Waals surface area contributed by atoms with Crippen LogP contribution in [0.1, 0.15) is 37.6 Å². The smallest absolute Gasteiger partial charge is 0.159 e. The lowest BCUT2D eigenvalue weighted by molar-refractivity contribution is 0.101. The van der Waals surface area contributed by atoms with Gasteiger partial charge in [0.2, 0.25) is 0 Å². The fraction of sp³-hybridized carbons (Fsp3) is 0.562. The molecule has 0 saturated carbocycles. The molecule has 0 radical (unpaired) electrons. The van der Waals surface area contributed by atoms with E-state index in [0.29, 0.717) is 5.92 Å². The Hall–Kier alpha value is -1.35. The molecular weight excluding hydrogens is 236 g/mol. The van der Waals surface area contributed by atoms with Crippen molar-refractivity contribution in [1.29, 1.82) is 0 Å². The number of nitrogens with two attached hydrogens (primary N) is 1. The predicted octanol–water partition coefficient (Wildman–Crippen LogP) is 2.70. The Balaban J connectivity index is 2.13. The van der Waals surface area contributed by atoms with Crippen LogP contribution in [0.5, 0.6) is 0 Å². The molecule has 104 valence electrons. The summed E-state index contributed by atoms with van der Waals surface area (Å²) in [7, 11) is 0. The van der Waals surface area contributed by atoms with Crippen LogP contribution in [0, 0.1) is 11.3 Å². The van der Waals surface area contributed by atoms with Crippen LogP contribution in [0.3, 0.4) is 0 Å². The largest absolute Gasteiger partial charge is 0.371 e. The number of Topliss-reactive ketones (excluding diaryl/α,β-unsaturated/α-hetero) is 1. The van der Waals surface area contributed by atoms with Gasteiger partial charge in [0.1, 0.15) is 0 Å².